The van der Waals surface area contributed by atoms with Gasteiger partial charge in [0.15, 0.2) is 0 Å². The van der Waals surface area contributed by atoms with Crippen LogP contribution in [0, 0.1) is 0 Å². The van der Waals surface area contributed by atoms with Gasteiger partial charge in [-0.1, -0.05) is 192 Å². The van der Waals surface area contributed by atoms with E-state index in [0.717, 1.165) is 0 Å². The van der Waals surface area contributed by atoms with Gasteiger partial charge in [0, 0.05) is 0 Å². The van der Waals surface area contributed by atoms with Gasteiger partial charge in [-0.15, -0.1) is 0 Å². The van der Waals surface area contributed by atoms with Crippen LogP contribution in [0.1, 0.15) is 245 Å². The van der Waals surface area contributed by atoms with Crippen LogP contribution in [0.3, 0.4) is 0 Å². The highest BCUT2D eigenvalue weighted by molar-refractivity contribution is 4.82. The van der Waals surface area contributed by atoms with Crippen LogP contribution in [0.25, 0.3) is 0 Å². The SMILES string of the molecule is CCCCCCCCC=CCCCCCCCCCCCC[N+](C)(C)CCCCCCCCCCCCC=CCCCCCCCC.[Cl-]. The van der Waals surface area contributed by atoms with Crippen LogP contribution in [0.2, 0.25) is 0 Å². The van der Waals surface area contributed by atoms with Crippen LogP contribution in [0.5, 0.6) is 0 Å². The van der Waals surface area contributed by atoms with Crippen molar-refractivity contribution in [3.63, 3.8) is 0 Å². The predicted octanol–water partition coefficient (Wildman–Crippen LogP) is 13.3. The Labute approximate surface area is 312 Å². The Morgan fingerprint density at radius 2 is 0.458 bits per heavy atom. The van der Waals surface area contributed by atoms with Crippen molar-refractivity contribution in [3.05, 3.63) is 24.3 Å². The van der Waals surface area contributed by atoms with E-state index in [1.807, 2.05) is 0 Å². The van der Waals surface area contributed by atoms with Crippen molar-refractivity contribution in [2.45, 2.75) is 245 Å². The molecule has 0 atom stereocenters. The first-order valence-electron chi connectivity index (χ1n) is 22.2. The molecule has 48 heavy (non-hydrogen) atoms. The molecule has 0 unspecified atom stereocenters. The number of quaternary nitrogens is 1. The van der Waals surface area contributed by atoms with Crippen molar-refractivity contribution >= 4 is 0 Å². The van der Waals surface area contributed by atoms with E-state index in [2.05, 4.69) is 52.2 Å². The molecule has 0 heterocycles. The van der Waals surface area contributed by atoms with Gasteiger partial charge in [-0.3, -0.25) is 0 Å². The second-order valence-electron chi connectivity index (χ2n) is 16.1. The number of hydrogen-bond acceptors (Lipinski definition) is 0. The van der Waals surface area contributed by atoms with E-state index in [-0.39, 0.29) is 12.4 Å². The molecule has 0 saturated carbocycles. The Morgan fingerprint density at radius 1 is 0.271 bits per heavy atom. The van der Waals surface area contributed by atoms with Crippen molar-refractivity contribution in [1.29, 1.82) is 0 Å². The van der Waals surface area contributed by atoms with Gasteiger partial charge in [0.2, 0.25) is 0 Å². The van der Waals surface area contributed by atoms with Crippen molar-refractivity contribution in [3.8, 4) is 0 Å². The molecule has 0 aromatic carbocycles. The maximum absolute atomic E-state index is 2.47. The van der Waals surface area contributed by atoms with Gasteiger partial charge in [0.1, 0.15) is 0 Å². The normalized spacial score (nSPS) is 12.1. The summed E-state index contributed by atoms with van der Waals surface area (Å²) in [4.78, 5) is 0. The molecule has 1 nitrogen and oxygen atoms in total. The van der Waals surface area contributed by atoms with E-state index < -0.39 is 0 Å². The minimum Gasteiger partial charge on any atom is -1.00 e. The number of hydrogen-bond donors (Lipinski definition) is 0. The highest BCUT2D eigenvalue weighted by Gasteiger charge is 2.13. The van der Waals surface area contributed by atoms with Gasteiger partial charge in [0.05, 0.1) is 27.2 Å². The smallest absolute Gasteiger partial charge is 0.0782 e. The summed E-state index contributed by atoms with van der Waals surface area (Å²) in [6, 6.07) is 0. The van der Waals surface area contributed by atoms with E-state index in [1.54, 1.807) is 0 Å². The third-order valence-electron chi connectivity index (χ3n) is 10.6. The molecule has 0 N–H and O–H groups in total. The summed E-state index contributed by atoms with van der Waals surface area (Å²) < 4.78 is 1.24. The first-order chi connectivity index (χ1) is 23.1. The van der Waals surface area contributed by atoms with Crippen LogP contribution in [-0.4, -0.2) is 31.7 Å². The van der Waals surface area contributed by atoms with Gasteiger partial charge in [-0.05, 0) is 77.0 Å². The fourth-order valence-electron chi connectivity index (χ4n) is 7.10. The monoisotopic (exact) mass is 694 g/mol. The molecule has 0 radical (unpaired) electrons. The summed E-state index contributed by atoms with van der Waals surface area (Å²) in [5.41, 5.74) is 0. The Kier molecular flexibility index (Phi) is 44.5. The Hall–Kier alpha value is -0.270. The average Bonchev–Trinajstić information content (AvgIpc) is 3.06. The summed E-state index contributed by atoms with van der Waals surface area (Å²) in [5.74, 6) is 0. The third kappa shape index (κ3) is 43.8. The molecule has 0 bridgehead atoms. The lowest BCUT2D eigenvalue weighted by Crippen LogP contribution is -3.00. The van der Waals surface area contributed by atoms with Crippen LogP contribution in [0.4, 0.5) is 0 Å². The minimum atomic E-state index is 0. The molecule has 2 heteroatoms. The number of unbranched alkanes of at least 4 members (excludes halogenated alkanes) is 32. The maximum Gasteiger partial charge on any atom is 0.0782 e. The molecule has 0 fully saturated rings. The highest BCUT2D eigenvalue weighted by atomic mass is 35.5. The predicted molar refractivity (Wildman–Crippen MR) is 218 cm³/mol. The zero-order chi connectivity index (χ0) is 34.2. The molecule has 0 aromatic heterocycles. The molecule has 0 aliphatic heterocycles. The van der Waals surface area contributed by atoms with Crippen molar-refractivity contribution in [2.75, 3.05) is 27.2 Å². The van der Waals surface area contributed by atoms with Crippen molar-refractivity contribution in [2.24, 2.45) is 0 Å². The van der Waals surface area contributed by atoms with E-state index in [1.165, 1.54) is 249 Å². The highest BCUT2D eigenvalue weighted by Crippen LogP contribution is 2.16. The number of allylic oxidation sites excluding steroid dienone is 4. The molecular weight excluding hydrogens is 602 g/mol. The van der Waals surface area contributed by atoms with Crippen molar-refractivity contribution < 1.29 is 16.9 Å². The largest absolute Gasteiger partial charge is 1.00 e. The van der Waals surface area contributed by atoms with E-state index in [9.17, 15) is 0 Å². The van der Waals surface area contributed by atoms with Crippen LogP contribution in [0.15, 0.2) is 24.3 Å². The number of rotatable bonds is 40. The first-order valence-corrected chi connectivity index (χ1v) is 22.2. The number of nitrogens with zero attached hydrogens (tertiary/aromatic N) is 1. The second-order valence-corrected chi connectivity index (χ2v) is 16.1. The Balaban J connectivity index is 0. The maximum atomic E-state index is 2.47. The first kappa shape index (κ1) is 49.8. The fourth-order valence-corrected chi connectivity index (χ4v) is 7.10. The van der Waals surface area contributed by atoms with Gasteiger partial charge in [0.25, 0.3) is 0 Å². The zero-order valence-electron chi connectivity index (χ0n) is 34.0. The second kappa shape index (κ2) is 42.9. The molecule has 0 spiro atoms. The van der Waals surface area contributed by atoms with Crippen LogP contribution in [-0.2, 0) is 0 Å². The molecule has 0 amide bonds. The molecule has 0 aromatic rings. The lowest BCUT2D eigenvalue weighted by molar-refractivity contribution is -0.890. The Bertz CT molecular complexity index is 572. The van der Waals surface area contributed by atoms with Gasteiger partial charge < -0.3 is 16.9 Å². The fraction of sp³-hybridized carbons (Fsp3) is 0.913. The summed E-state index contributed by atoms with van der Waals surface area (Å²) in [5, 5.41) is 0. The molecule has 0 aliphatic rings. The molecule has 0 rings (SSSR count). The van der Waals surface area contributed by atoms with Crippen LogP contribution >= 0.6 is 0 Å². The molecule has 0 saturated heterocycles. The average molecular weight is 695 g/mol. The summed E-state index contributed by atoms with van der Waals surface area (Å²) in [6.45, 7) is 7.35. The van der Waals surface area contributed by atoms with E-state index >= 15 is 0 Å². The number of halogens is 1. The van der Waals surface area contributed by atoms with Gasteiger partial charge >= 0.3 is 0 Å². The molecule has 0 aliphatic carbocycles. The summed E-state index contributed by atoms with van der Waals surface area (Å²) >= 11 is 0. The van der Waals surface area contributed by atoms with Crippen molar-refractivity contribution in [1.82, 2.24) is 0 Å². The third-order valence-corrected chi connectivity index (χ3v) is 10.6. The standard InChI is InChI=1S/C46H92N.ClH/c1-5-7-9-11-13-15-17-19-21-23-25-27-29-31-33-35-37-39-41-43-45-47(3,4)46-44-42-40-38-36-34-32-30-28-26-24-22-20-18-16-14-12-10-8-6-2;/h19-22H,5-18,23-46H2,1-4H3;1H/q+1;/p-1. The quantitative estimate of drug-likeness (QED) is 0.0340. The van der Waals surface area contributed by atoms with E-state index in [0.29, 0.717) is 0 Å². The topological polar surface area (TPSA) is 0 Å². The molecular formula is C46H92ClN. The Morgan fingerprint density at radius 3 is 0.688 bits per heavy atom. The van der Waals surface area contributed by atoms with E-state index in [4.69, 9.17) is 0 Å². The lowest BCUT2D eigenvalue weighted by Gasteiger charge is -2.30. The summed E-state index contributed by atoms with van der Waals surface area (Å²) in [7, 11) is 4.94. The van der Waals surface area contributed by atoms with Gasteiger partial charge in [-0.2, -0.15) is 0 Å². The van der Waals surface area contributed by atoms with Gasteiger partial charge in [-0.25, -0.2) is 0 Å². The lowest BCUT2D eigenvalue weighted by atomic mass is 10.0. The summed E-state index contributed by atoms with van der Waals surface area (Å²) in [6.07, 6.45) is 61.0. The zero-order valence-corrected chi connectivity index (χ0v) is 34.8. The molecule has 288 valence electrons. The minimum absolute atomic E-state index is 0. The van der Waals surface area contributed by atoms with Crippen LogP contribution < -0.4 is 12.4 Å².